The molecule has 0 aliphatic heterocycles. The molecule has 1 aromatic carbocycles. The minimum absolute atomic E-state index is 0.519. The molecule has 1 fully saturated rings. The number of benzene rings is 1. The van der Waals surface area contributed by atoms with Gasteiger partial charge < -0.3 is 5.32 Å². The van der Waals surface area contributed by atoms with Crippen LogP contribution < -0.4 is 5.32 Å². The molecule has 1 aliphatic carbocycles. The lowest BCUT2D eigenvalue weighted by atomic mass is 10.0. The number of rotatable bonds is 4. The SMILES string of the molecule is CNC(Cc1cccc(Cl)c1Cl)C1CC1C. The summed E-state index contributed by atoms with van der Waals surface area (Å²) in [4.78, 5) is 0. The molecule has 16 heavy (non-hydrogen) atoms. The maximum atomic E-state index is 6.20. The maximum absolute atomic E-state index is 6.20. The zero-order valence-electron chi connectivity index (χ0n) is 9.63. The first-order valence-electron chi connectivity index (χ1n) is 5.73. The maximum Gasteiger partial charge on any atom is 0.0624 e. The Balaban J connectivity index is 2.10. The van der Waals surface area contributed by atoms with E-state index in [2.05, 4.69) is 18.3 Å². The van der Waals surface area contributed by atoms with Gasteiger partial charge in [-0.3, -0.25) is 0 Å². The molecule has 1 aromatic rings. The molecule has 1 nitrogen and oxygen atoms in total. The summed E-state index contributed by atoms with van der Waals surface area (Å²) in [6, 6.07) is 6.38. The molecule has 0 amide bonds. The second-order valence-electron chi connectivity index (χ2n) is 4.69. The van der Waals surface area contributed by atoms with E-state index in [1.54, 1.807) is 0 Å². The topological polar surface area (TPSA) is 12.0 Å². The van der Waals surface area contributed by atoms with Crippen molar-refractivity contribution >= 4 is 23.2 Å². The van der Waals surface area contributed by atoms with Crippen LogP contribution in [0, 0.1) is 11.8 Å². The van der Waals surface area contributed by atoms with Gasteiger partial charge in [-0.05, 0) is 43.4 Å². The van der Waals surface area contributed by atoms with E-state index in [0.717, 1.165) is 23.8 Å². The van der Waals surface area contributed by atoms with Crippen LogP contribution in [0.4, 0.5) is 0 Å². The molecule has 1 N–H and O–H groups in total. The van der Waals surface area contributed by atoms with Crippen LogP contribution in [0.2, 0.25) is 10.0 Å². The monoisotopic (exact) mass is 257 g/mol. The molecule has 0 bridgehead atoms. The Bertz CT molecular complexity index is 378. The predicted molar refractivity (Wildman–Crippen MR) is 70.3 cm³/mol. The Morgan fingerprint density at radius 3 is 2.69 bits per heavy atom. The summed E-state index contributed by atoms with van der Waals surface area (Å²) in [5, 5.41) is 4.74. The Labute approximate surface area is 107 Å². The van der Waals surface area contributed by atoms with Crippen molar-refractivity contribution in [3.05, 3.63) is 33.8 Å². The molecule has 3 atom stereocenters. The second kappa shape index (κ2) is 4.95. The molecule has 3 heteroatoms. The van der Waals surface area contributed by atoms with E-state index in [-0.39, 0.29) is 0 Å². The summed E-state index contributed by atoms with van der Waals surface area (Å²) in [6.45, 7) is 2.30. The van der Waals surface area contributed by atoms with Crippen LogP contribution >= 0.6 is 23.2 Å². The standard InChI is InChI=1S/C13H17Cl2N/c1-8-6-10(8)12(16-2)7-9-4-3-5-11(14)13(9)15/h3-5,8,10,12,16H,6-7H2,1-2H3. The summed E-state index contributed by atoms with van der Waals surface area (Å²) in [6.07, 6.45) is 2.29. The Hall–Kier alpha value is -0.240. The van der Waals surface area contributed by atoms with Gasteiger partial charge in [-0.25, -0.2) is 0 Å². The summed E-state index contributed by atoms with van der Waals surface area (Å²) in [5.41, 5.74) is 1.15. The van der Waals surface area contributed by atoms with Gasteiger partial charge in [0.1, 0.15) is 0 Å². The molecular weight excluding hydrogens is 241 g/mol. The highest BCUT2D eigenvalue weighted by Gasteiger charge is 2.38. The number of halogens is 2. The van der Waals surface area contributed by atoms with Gasteiger partial charge in [0.2, 0.25) is 0 Å². The van der Waals surface area contributed by atoms with Gasteiger partial charge in [-0.1, -0.05) is 42.3 Å². The molecular formula is C13H17Cl2N. The predicted octanol–water partition coefficient (Wildman–Crippen LogP) is 3.78. The molecule has 0 spiro atoms. The van der Waals surface area contributed by atoms with Crippen molar-refractivity contribution < 1.29 is 0 Å². The minimum atomic E-state index is 0.519. The minimum Gasteiger partial charge on any atom is -0.316 e. The van der Waals surface area contributed by atoms with E-state index >= 15 is 0 Å². The quantitative estimate of drug-likeness (QED) is 0.866. The molecule has 3 unspecified atom stereocenters. The lowest BCUT2D eigenvalue weighted by molar-refractivity contribution is 0.479. The fourth-order valence-electron chi connectivity index (χ4n) is 2.32. The average Bonchev–Trinajstić information content (AvgIpc) is 2.98. The highest BCUT2D eigenvalue weighted by atomic mass is 35.5. The molecule has 0 aromatic heterocycles. The van der Waals surface area contributed by atoms with E-state index < -0.39 is 0 Å². The van der Waals surface area contributed by atoms with E-state index in [1.165, 1.54) is 6.42 Å². The van der Waals surface area contributed by atoms with E-state index in [1.807, 2.05) is 19.2 Å². The number of likely N-dealkylation sites (N-methyl/N-ethyl adjacent to an activating group) is 1. The van der Waals surface area contributed by atoms with Gasteiger partial charge in [-0.2, -0.15) is 0 Å². The first-order valence-corrected chi connectivity index (χ1v) is 6.49. The normalized spacial score (nSPS) is 25.5. The molecule has 1 aliphatic rings. The Morgan fingerprint density at radius 1 is 1.44 bits per heavy atom. The van der Waals surface area contributed by atoms with Gasteiger partial charge in [-0.15, -0.1) is 0 Å². The highest BCUT2D eigenvalue weighted by Crippen LogP contribution is 2.42. The third-order valence-electron chi connectivity index (χ3n) is 3.53. The molecule has 0 saturated heterocycles. The molecule has 0 heterocycles. The van der Waals surface area contributed by atoms with Crippen molar-refractivity contribution in [2.24, 2.45) is 11.8 Å². The van der Waals surface area contributed by atoms with Crippen LogP contribution in [-0.2, 0) is 6.42 Å². The lowest BCUT2D eigenvalue weighted by Crippen LogP contribution is -2.30. The van der Waals surface area contributed by atoms with Crippen LogP contribution in [0.5, 0.6) is 0 Å². The van der Waals surface area contributed by atoms with E-state index in [9.17, 15) is 0 Å². The molecule has 0 radical (unpaired) electrons. The summed E-state index contributed by atoms with van der Waals surface area (Å²) >= 11 is 12.2. The van der Waals surface area contributed by atoms with Crippen LogP contribution in [0.1, 0.15) is 18.9 Å². The summed E-state index contributed by atoms with van der Waals surface area (Å²) < 4.78 is 0. The average molecular weight is 258 g/mol. The van der Waals surface area contributed by atoms with Crippen LogP contribution in [0.15, 0.2) is 18.2 Å². The van der Waals surface area contributed by atoms with E-state index in [0.29, 0.717) is 16.1 Å². The molecule has 88 valence electrons. The first kappa shape index (κ1) is 12.2. The van der Waals surface area contributed by atoms with Crippen LogP contribution in [-0.4, -0.2) is 13.1 Å². The summed E-state index contributed by atoms with van der Waals surface area (Å²) in [7, 11) is 2.02. The van der Waals surface area contributed by atoms with Crippen molar-refractivity contribution in [2.45, 2.75) is 25.8 Å². The van der Waals surface area contributed by atoms with Crippen molar-refractivity contribution in [3.8, 4) is 0 Å². The number of hydrogen-bond acceptors (Lipinski definition) is 1. The highest BCUT2D eigenvalue weighted by molar-refractivity contribution is 6.42. The van der Waals surface area contributed by atoms with Gasteiger partial charge in [0.25, 0.3) is 0 Å². The van der Waals surface area contributed by atoms with Crippen LogP contribution in [0.25, 0.3) is 0 Å². The van der Waals surface area contributed by atoms with Crippen molar-refractivity contribution in [2.75, 3.05) is 7.05 Å². The third-order valence-corrected chi connectivity index (χ3v) is 4.39. The lowest BCUT2D eigenvalue weighted by Gasteiger charge is -2.17. The number of hydrogen-bond donors (Lipinski definition) is 1. The molecule has 2 rings (SSSR count). The van der Waals surface area contributed by atoms with Crippen LogP contribution in [0.3, 0.4) is 0 Å². The zero-order chi connectivity index (χ0) is 11.7. The second-order valence-corrected chi connectivity index (χ2v) is 5.47. The van der Waals surface area contributed by atoms with Gasteiger partial charge in [0.15, 0.2) is 0 Å². The van der Waals surface area contributed by atoms with Crippen molar-refractivity contribution in [1.29, 1.82) is 0 Å². The third kappa shape index (κ3) is 2.53. The fraction of sp³-hybridized carbons (Fsp3) is 0.538. The summed E-state index contributed by atoms with van der Waals surface area (Å²) in [5.74, 6) is 1.63. The van der Waals surface area contributed by atoms with Gasteiger partial charge in [0, 0.05) is 6.04 Å². The molecule has 1 saturated carbocycles. The number of nitrogens with one attached hydrogen (secondary N) is 1. The van der Waals surface area contributed by atoms with E-state index in [4.69, 9.17) is 23.2 Å². The Kier molecular flexibility index (Phi) is 3.78. The zero-order valence-corrected chi connectivity index (χ0v) is 11.1. The first-order chi connectivity index (χ1) is 7.63. The van der Waals surface area contributed by atoms with Gasteiger partial charge >= 0.3 is 0 Å². The largest absolute Gasteiger partial charge is 0.316 e. The van der Waals surface area contributed by atoms with Crippen molar-refractivity contribution in [3.63, 3.8) is 0 Å². The fourth-order valence-corrected chi connectivity index (χ4v) is 2.72. The Morgan fingerprint density at radius 2 is 2.12 bits per heavy atom. The smallest absolute Gasteiger partial charge is 0.0624 e. The van der Waals surface area contributed by atoms with Crippen molar-refractivity contribution in [1.82, 2.24) is 5.32 Å². The van der Waals surface area contributed by atoms with Gasteiger partial charge in [0.05, 0.1) is 10.0 Å².